The minimum atomic E-state index is -0.828. The molecule has 6 rings (SSSR count). The van der Waals surface area contributed by atoms with Gasteiger partial charge in [-0.05, 0) is 77.9 Å². The number of hydrogen-bond acceptors (Lipinski definition) is 11. The van der Waals surface area contributed by atoms with Gasteiger partial charge < -0.3 is 24.8 Å². The fourth-order valence-corrected chi connectivity index (χ4v) is 5.34. The van der Waals surface area contributed by atoms with Crippen LogP contribution in [0.25, 0.3) is 22.7 Å². The van der Waals surface area contributed by atoms with Gasteiger partial charge in [0, 0.05) is 30.3 Å². The number of amides is 1. The first-order valence-electron chi connectivity index (χ1n) is 15.3. The number of ether oxygens (including phenoxy) is 2. The van der Waals surface area contributed by atoms with Crippen LogP contribution < -0.4 is 10.1 Å². The number of aliphatic hydroxyl groups is 1. The third kappa shape index (κ3) is 6.70. The zero-order valence-electron chi connectivity index (χ0n) is 27.1. The zero-order valence-corrected chi connectivity index (χ0v) is 27.1. The minimum Gasteiger partial charge on any atom is -0.486 e. The summed E-state index contributed by atoms with van der Waals surface area (Å²) >= 11 is 0. The first kappa shape index (κ1) is 31.4. The number of fused-ring (bicyclic) bond motifs is 1. The quantitative estimate of drug-likeness (QED) is 0.245. The lowest BCUT2D eigenvalue weighted by Gasteiger charge is -2.24. The van der Waals surface area contributed by atoms with Crippen molar-refractivity contribution in [2.75, 3.05) is 18.4 Å². The van der Waals surface area contributed by atoms with E-state index in [1.54, 1.807) is 41.0 Å². The number of aryl methyl sites for hydroxylation is 2. The predicted octanol–water partition coefficient (Wildman–Crippen LogP) is 5.07. The Balaban J connectivity index is 1.39. The number of carbonyl (C=O) groups is 1. The Morgan fingerprint density at radius 3 is 2.64 bits per heavy atom. The highest BCUT2D eigenvalue weighted by Gasteiger charge is 2.31. The highest BCUT2D eigenvalue weighted by atomic mass is 16.6. The normalized spacial score (nSPS) is 15.4. The number of aliphatic hydroxyl groups excluding tert-OH is 1. The Bertz CT molecular complexity index is 1990. The third-order valence-electron chi connectivity index (χ3n) is 7.59. The van der Waals surface area contributed by atoms with Crippen molar-refractivity contribution < 1.29 is 19.4 Å². The highest BCUT2D eigenvalue weighted by molar-refractivity contribution is 5.86. The smallest absolute Gasteiger partial charge is 0.410 e. The number of hydrogen-bond donors (Lipinski definition) is 2. The molecule has 2 N–H and O–H groups in total. The third-order valence-corrected chi connectivity index (χ3v) is 7.59. The van der Waals surface area contributed by atoms with Crippen molar-refractivity contribution in [2.24, 2.45) is 0 Å². The number of likely N-dealkylation sites (tertiary alicyclic amines) is 1. The van der Waals surface area contributed by atoms with Gasteiger partial charge in [-0.2, -0.15) is 15.5 Å². The van der Waals surface area contributed by atoms with Crippen molar-refractivity contribution in [1.82, 2.24) is 39.4 Å². The van der Waals surface area contributed by atoms with Crippen LogP contribution in [-0.4, -0.2) is 75.4 Å². The number of benzene rings is 1. The molecule has 14 heteroatoms. The van der Waals surface area contributed by atoms with Crippen LogP contribution >= 0.6 is 0 Å². The molecule has 1 aliphatic rings. The van der Waals surface area contributed by atoms with Crippen LogP contribution in [-0.2, 0) is 4.74 Å². The van der Waals surface area contributed by atoms with E-state index in [4.69, 9.17) is 14.5 Å². The average Bonchev–Trinajstić information content (AvgIpc) is 3.75. The molecule has 1 aliphatic heterocycles. The minimum absolute atomic E-state index is 0.247. The molecule has 1 saturated heterocycles. The fourth-order valence-electron chi connectivity index (χ4n) is 5.34. The Kier molecular flexibility index (Phi) is 8.25. The number of nitrogens with zero attached hydrogens (tertiary/aromatic N) is 9. The summed E-state index contributed by atoms with van der Waals surface area (Å²) in [4.78, 5) is 23.9. The molecule has 0 saturated carbocycles. The predicted molar refractivity (Wildman–Crippen MR) is 173 cm³/mol. The van der Waals surface area contributed by atoms with Crippen molar-refractivity contribution >= 4 is 28.6 Å². The molecule has 4 aromatic heterocycles. The van der Waals surface area contributed by atoms with Gasteiger partial charge in [0.05, 0.1) is 35.1 Å². The molecule has 2 unspecified atom stereocenters. The number of carbonyl (C=O) groups excluding carboxylic acids is 1. The van der Waals surface area contributed by atoms with Crippen molar-refractivity contribution in [3.8, 4) is 23.5 Å². The molecular weight excluding hydrogens is 600 g/mol. The lowest BCUT2D eigenvalue weighted by molar-refractivity contribution is 0.0276. The first-order valence-corrected chi connectivity index (χ1v) is 15.3. The van der Waals surface area contributed by atoms with E-state index >= 15 is 0 Å². The number of anilines is 2. The van der Waals surface area contributed by atoms with Crippen molar-refractivity contribution in [1.29, 1.82) is 5.26 Å². The summed E-state index contributed by atoms with van der Waals surface area (Å²) in [6.07, 6.45) is 0.801. The van der Waals surface area contributed by atoms with E-state index in [-0.39, 0.29) is 17.9 Å². The summed E-state index contributed by atoms with van der Waals surface area (Å²) in [5.74, 6) is 1.99. The molecule has 5 heterocycles. The maximum atomic E-state index is 12.7. The van der Waals surface area contributed by atoms with Crippen LogP contribution in [0.4, 0.5) is 16.3 Å². The lowest BCUT2D eigenvalue weighted by Crippen LogP contribution is -2.36. The molecule has 242 valence electrons. The number of rotatable bonds is 7. The van der Waals surface area contributed by atoms with Crippen LogP contribution in [0.3, 0.4) is 0 Å². The summed E-state index contributed by atoms with van der Waals surface area (Å²) in [5.41, 5.74) is 3.69. The molecule has 47 heavy (non-hydrogen) atoms. The standard InChI is InChI=1S/C33H36N10O4/c1-19-7-9-29(39-38-19)36-26-14-25-27(15-28(26)46-23-11-12-41(17-23)32(45)47-33(4,5)6)42(18-35-25)30-10-8-24(21(3)44)31(37-30)43-20(2)13-22(16-34)40-43/h7-10,13-15,18,21,23,44H,11-12,17H2,1-6H3,(H,36,39). The molecule has 1 amide bonds. The number of nitriles is 1. The summed E-state index contributed by atoms with van der Waals surface area (Å²) in [6.45, 7) is 11.7. The van der Waals surface area contributed by atoms with E-state index in [9.17, 15) is 15.2 Å². The van der Waals surface area contributed by atoms with Gasteiger partial charge in [-0.3, -0.25) is 4.57 Å². The molecule has 0 spiro atoms. The van der Waals surface area contributed by atoms with Gasteiger partial charge in [-0.25, -0.2) is 19.4 Å². The second kappa shape index (κ2) is 12.3. The Morgan fingerprint density at radius 1 is 1.15 bits per heavy atom. The molecule has 2 atom stereocenters. The van der Waals surface area contributed by atoms with Gasteiger partial charge in [-0.15, -0.1) is 5.10 Å². The van der Waals surface area contributed by atoms with Crippen LogP contribution in [0.15, 0.2) is 48.8 Å². The molecule has 14 nitrogen and oxygen atoms in total. The fraction of sp³-hybridized carbons (Fsp3) is 0.364. The van der Waals surface area contributed by atoms with Crippen LogP contribution in [0.2, 0.25) is 0 Å². The molecule has 0 bridgehead atoms. The lowest BCUT2D eigenvalue weighted by atomic mass is 10.1. The van der Waals surface area contributed by atoms with Gasteiger partial charge in [0.15, 0.2) is 17.3 Å². The average molecular weight is 637 g/mol. The van der Waals surface area contributed by atoms with Gasteiger partial charge in [-0.1, -0.05) is 0 Å². The second-order valence-electron chi connectivity index (χ2n) is 12.5. The maximum Gasteiger partial charge on any atom is 0.410 e. The summed E-state index contributed by atoms with van der Waals surface area (Å²) < 4.78 is 15.5. The molecular formula is C33H36N10O4. The summed E-state index contributed by atoms with van der Waals surface area (Å²) in [5, 5.41) is 36.0. The first-order chi connectivity index (χ1) is 22.4. The van der Waals surface area contributed by atoms with Gasteiger partial charge in [0.1, 0.15) is 35.7 Å². The highest BCUT2D eigenvalue weighted by Crippen LogP contribution is 2.35. The van der Waals surface area contributed by atoms with Crippen LogP contribution in [0, 0.1) is 25.2 Å². The molecule has 1 fully saturated rings. The van der Waals surface area contributed by atoms with E-state index in [0.29, 0.717) is 70.7 Å². The Labute approximate surface area is 271 Å². The van der Waals surface area contributed by atoms with E-state index < -0.39 is 11.7 Å². The number of nitrogens with one attached hydrogen (secondary N) is 1. The Morgan fingerprint density at radius 2 is 1.96 bits per heavy atom. The molecule has 5 aromatic rings. The zero-order chi connectivity index (χ0) is 33.5. The maximum absolute atomic E-state index is 12.7. The monoisotopic (exact) mass is 636 g/mol. The SMILES string of the molecule is Cc1ccc(Nc2cc3ncn(-c4ccc(C(C)O)c(-n5nc(C#N)cc5C)n4)c3cc2OC2CCN(C(=O)OC(C)(C)C)C2)nn1. The second-order valence-corrected chi connectivity index (χ2v) is 12.5. The Hall–Kier alpha value is -5.55. The number of pyridine rings is 1. The van der Waals surface area contributed by atoms with Crippen LogP contribution in [0.1, 0.15) is 62.9 Å². The van der Waals surface area contributed by atoms with Crippen molar-refractivity contribution in [3.05, 3.63) is 71.4 Å². The van der Waals surface area contributed by atoms with Crippen molar-refractivity contribution in [2.45, 2.75) is 65.8 Å². The largest absolute Gasteiger partial charge is 0.486 e. The van der Waals surface area contributed by atoms with Crippen LogP contribution in [0.5, 0.6) is 5.75 Å². The van der Waals surface area contributed by atoms with E-state index in [1.165, 1.54) is 0 Å². The van der Waals surface area contributed by atoms with Gasteiger partial charge >= 0.3 is 6.09 Å². The van der Waals surface area contributed by atoms with E-state index in [0.717, 1.165) is 5.69 Å². The van der Waals surface area contributed by atoms with E-state index in [1.807, 2.05) is 63.5 Å². The van der Waals surface area contributed by atoms with Gasteiger partial charge in [0.25, 0.3) is 0 Å². The topological polar surface area (TPSA) is 169 Å². The van der Waals surface area contributed by atoms with Crippen molar-refractivity contribution in [3.63, 3.8) is 0 Å². The molecule has 0 aliphatic carbocycles. The number of aromatic nitrogens is 7. The van der Waals surface area contributed by atoms with Gasteiger partial charge in [0.2, 0.25) is 0 Å². The summed E-state index contributed by atoms with van der Waals surface area (Å²) in [6, 6.07) is 14.7. The molecule has 0 radical (unpaired) electrons. The molecule has 1 aromatic carbocycles. The summed E-state index contributed by atoms with van der Waals surface area (Å²) in [7, 11) is 0. The van der Waals surface area contributed by atoms with E-state index in [2.05, 4.69) is 31.7 Å². The number of imidazole rings is 1.